The van der Waals surface area contributed by atoms with Gasteiger partial charge in [-0.3, -0.25) is 0 Å². The standard InChI is InChI=1S/C29H34N4O4S/c1-6-15-36-27(34)25-20(5)30-28-31-29(38-16-7-2)32-33(28)26(25)22-13-14-23(24(17-22)35-8-3)37-18-21-11-9-19(4)10-12-21/h6,9-14,17,26H,1,7-8,15-16,18H2,2-5H3,(H,30,31,32). The lowest BCUT2D eigenvalue weighted by Crippen LogP contribution is -2.29. The molecule has 1 unspecified atom stereocenters. The van der Waals surface area contributed by atoms with Crippen LogP contribution in [0.1, 0.15) is 49.9 Å². The molecule has 0 bridgehead atoms. The number of rotatable bonds is 12. The Balaban J connectivity index is 1.72. The van der Waals surface area contributed by atoms with Gasteiger partial charge >= 0.3 is 5.97 Å². The fraction of sp³-hybridized carbons (Fsp3) is 0.345. The quantitative estimate of drug-likeness (QED) is 0.170. The van der Waals surface area contributed by atoms with Crippen LogP contribution in [0.4, 0.5) is 5.95 Å². The second-order valence-corrected chi connectivity index (χ2v) is 9.94. The maximum Gasteiger partial charge on any atom is 0.338 e. The van der Waals surface area contributed by atoms with Crippen LogP contribution in [-0.4, -0.2) is 39.7 Å². The van der Waals surface area contributed by atoms with E-state index in [0.717, 1.165) is 23.3 Å². The number of nitrogens with zero attached hydrogens (tertiary/aromatic N) is 3. The number of hydrogen-bond acceptors (Lipinski definition) is 8. The van der Waals surface area contributed by atoms with Crippen LogP contribution in [-0.2, 0) is 16.1 Å². The van der Waals surface area contributed by atoms with Gasteiger partial charge in [0, 0.05) is 11.4 Å². The molecule has 4 rings (SSSR count). The zero-order valence-electron chi connectivity index (χ0n) is 22.3. The third-order valence-corrected chi connectivity index (χ3v) is 6.96. The number of carbonyl (C=O) groups is 1. The molecule has 3 aromatic rings. The van der Waals surface area contributed by atoms with E-state index >= 15 is 0 Å². The molecule has 8 nitrogen and oxygen atoms in total. The van der Waals surface area contributed by atoms with Gasteiger partial charge in [0.05, 0.1) is 12.2 Å². The molecule has 200 valence electrons. The first-order valence-corrected chi connectivity index (χ1v) is 13.7. The van der Waals surface area contributed by atoms with Gasteiger partial charge in [0.2, 0.25) is 11.1 Å². The highest BCUT2D eigenvalue weighted by Crippen LogP contribution is 2.40. The first-order chi connectivity index (χ1) is 18.4. The van der Waals surface area contributed by atoms with Crippen molar-refractivity contribution in [3.05, 3.63) is 83.1 Å². The van der Waals surface area contributed by atoms with Gasteiger partial charge in [-0.25, -0.2) is 9.48 Å². The van der Waals surface area contributed by atoms with Crippen molar-refractivity contribution in [2.45, 2.75) is 51.9 Å². The molecule has 38 heavy (non-hydrogen) atoms. The summed E-state index contributed by atoms with van der Waals surface area (Å²) in [5.41, 5.74) is 4.18. The van der Waals surface area contributed by atoms with Crippen molar-refractivity contribution in [3.63, 3.8) is 0 Å². The average Bonchev–Trinajstić information content (AvgIpc) is 3.32. The topological polar surface area (TPSA) is 87.5 Å². The van der Waals surface area contributed by atoms with Crippen LogP contribution in [0.3, 0.4) is 0 Å². The molecule has 9 heteroatoms. The van der Waals surface area contributed by atoms with Gasteiger partial charge in [-0.1, -0.05) is 67.2 Å². The van der Waals surface area contributed by atoms with Crippen molar-refractivity contribution in [2.75, 3.05) is 24.3 Å². The molecule has 0 saturated heterocycles. The summed E-state index contributed by atoms with van der Waals surface area (Å²) in [6.07, 6.45) is 2.55. The number of allylic oxidation sites excluding steroid dienone is 1. The van der Waals surface area contributed by atoms with E-state index in [1.807, 2.05) is 44.2 Å². The second kappa shape index (κ2) is 12.7. The highest BCUT2D eigenvalue weighted by molar-refractivity contribution is 7.99. The summed E-state index contributed by atoms with van der Waals surface area (Å²) in [5.74, 6) is 2.25. The molecule has 0 aliphatic carbocycles. The van der Waals surface area contributed by atoms with Crippen LogP contribution < -0.4 is 14.8 Å². The normalized spacial score (nSPS) is 14.5. The van der Waals surface area contributed by atoms with Crippen molar-refractivity contribution in [1.29, 1.82) is 0 Å². The van der Waals surface area contributed by atoms with Gasteiger partial charge in [-0.2, -0.15) is 4.98 Å². The Morgan fingerprint density at radius 1 is 1.13 bits per heavy atom. The van der Waals surface area contributed by atoms with E-state index in [9.17, 15) is 4.79 Å². The molecule has 2 heterocycles. The van der Waals surface area contributed by atoms with Crippen LogP contribution >= 0.6 is 11.8 Å². The number of nitrogens with one attached hydrogen (secondary N) is 1. The zero-order valence-corrected chi connectivity index (χ0v) is 23.1. The highest BCUT2D eigenvalue weighted by Gasteiger charge is 2.35. The number of aromatic nitrogens is 3. The summed E-state index contributed by atoms with van der Waals surface area (Å²) in [5, 5.41) is 8.63. The van der Waals surface area contributed by atoms with Gasteiger partial charge in [-0.15, -0.1) is 5.10 Å². The smallest absolute Gasteiger partial charge is 0.338 e. The van der Waals surface area contributed by atoms with E-state index in [4.69, 9.17) is 19.3 Å². The summed E-state index contributed by atoms with van der Waals surface area (Å²) < 4.78 is 19.3. The van der Waals surface area contributed by atoms with Crippen LogP contribution in [0, 0.1) is 6.92 Å². The lowest BCUT2D eigenvalue weighted by Gasteiger charge is -2.28. The summed E-state index contributed by atoms with van der Waals surface area (Å²) in [4.78, 5) is 17.9. The molecule has 1 aromatic heterocycles. The molecule has 0 radical (unpaired) electrons. The predicted octanol–water partition coefficient (Wildman–Crippen LogP) is 6.08. The maximum atomic E-state index is 13.2. The molecule has 0 spiro atoms. The minimum atomic E-state index is -0.558. The summed E-state index contributed by atoms with van der Waals surface area (Å²) in [6, 6.07) is 13.4. The van der Waals surface area contributed by atoms with Crippen LogP contribution in [0.5, 0.6) is 11.5 Å². The van der Waals surface area contributed by atoms with Crippen molar-refractivity contribution in [2.24, 2.45) is 0 Å². The third kappa shape index (κ3) is 6.22. The van der Waals surface area contributed by atoms with Crippen LogP contribution in [0.15, 0.2) is 71.5 Å². The summed E-state index contributed by atoms with van der Waals surface area (Å²) in [6.45, 7) is 12.6. The minimum Gasteiger partial charge on any atom is -0.490 e. The number of esters is 1. The zero-order chi connectivity index (χ0) is 27.1. The number of aryl methyl sites for hydroxylation is 1. The molecule has 1 aliphatic heterocycles. The number of carbonyl (C=O) groups excluding carboxylic acids is 1. The Morgan fingerprint density at radius 3 is 2.63 bits per heavy atom. The van der Waals surface area contributed by atoms with E-state index in [2.05, 4.69) is 42.9 Å². The van der Waals surface area contributed by atoms with E-state index < -0.39 is 12.0 Å². The molecule has 1 atom stereocenters. The molecular formula is C29H34N4O4S. The first kappa shape index (κ1) is 27.3. The van der Waals surface area contributed by atoms with Crippen LogP contribution in [0.2, 0.25) is 0 Å². The second-order valence-electron chi connectivity index (χ2n) is 8.88. The van der Waals surface area contributed by atoms with Gasteiger partial charge < -0.3 is 19.5 Å². The Labute approximate surface area is 228 Å². The first-order valence-electron chi connectivity index (χ1n) is 12.7. The monoisotopic (exact) mass is 534 g/mol. The number of hydrogen-bond donors (Lipinski definition) is 1. The summed E-state index contributed by atoms with van der Waals surface area (Å²) >= 11 is 1.58. The number of fused-ring (bicyclic) bond motifs is 1. The van der Waals surface area contributed by atoms with Crippen LogP contribution in [0.25, 0.3) is 0 Å². The third-order valence-electron chi connectivity index (χ3n) is 5.92. The maximum absolute atomic E-state index is 13.2. The van der Waals surface area contributed by atoms with Gasteiger partial charge in [0.25, 0.3) is 0 Å². The highest BCUT2D eigenvalue weighted by atomic mass is 32.2. The SMILES string of the molecule is C=CCOC(=O)C1=C(C)Nc2nc(SCCC)nn2C1c1ccc(OCc2ccc(C)cc2)c(OCC)c1. The lowest BCUT2D eigenvalue weighted by atomic mass is 9.95. The van der Waals surface area contributed by atoms with E-state index in [0.29, 0.717) is 47.1 Å². The molecule has 1 N–H and O–H groups in total. The average molecular weight is 535 g/mol. The van der Waals surface area contributed by atoms with E-state index in [1.54, 1.807) is 22.5 Å². The van der Waals surface area contributed by atoms with Gasteiger partial charge in [0.15, 0.2) is 11.5 Å². The fourth-order valence-corrected chi connectivity index (χ4v) is 4.78. The molecule has 0 saturated carbocycles. The molecule has 2 aromatic carbocycles. The van der Waals surface area contributed by atoms with Gasteiger partial charge in [-0.05, 0) is 50.5 Å². The van der Waals surface area contributed by atoms with Gasteiger partial charge in [0.1, 0.15) is 19.3 Å². The molecule has 1 aliphatic rings. The number of thioether (sulfide) groups is 1. The van der Waals surface area contributed by atoms with E-state index in [1.165, 1.54) is 5.56 Å². The van der Waals surface area contributed by atoms with Crippen molar-refractivity contribution in [3.8, 4) is 11.5 Å². The largest absolute Gasteiger partial charge is 0.490 e. The lowest BCUT2D eigenvalue weighted by molar-refractivity contribution is -0.138. The number of benzene rings is 2. The molecular weight excluding hydrogens is 500 g/mol. The predicted molar refractivity (Wildman–Crippen MR) is 150 cm³/mol. The Bertz CT molecular complexity index is 1320. The van der Waals surface area contributed by atoms with Crippen molar-refractivity contribution >= 4 is 23.7 Å². The number of anilines is 1. The minimum absolute atomic E-state index is 0.111. The van der Waals surface area contributed by atoms with Crippen molar-refractivity contribution < 1.29 is 19.0 Å². The van der Waals surface area contributed by atoms with Crippen molar-refractivity contribution in [1.82, 2.24) is 14.8 Å². The Hall–Kier alpha value is -3.72. The Kier molecular flexibility index (Phi) is 9.12. The fourth-order valence-electron chi connectivity index (χ4n) is 4.10. The number of ether oxygens (including phenoxy) is 3. The Morgan fingerprint density at radius 2 is 1.92 bits per heavy atom. The summed E-state index contributed by atoms with van der Waals surface area (Å²) in [7, 11) is 0. The van der Waals surface area contributed by atoms with E-state index in [-0.39, 0.29) is 6.61 Å². The molecule has 0 fully saturated rings. The molecule has 0 amide bonds.